The first-order chi connectivity index (χ1) is 8.08. The Bertz CT molecular complexity index is 510. The second-order valence-electron chi connectivity index (χ2n) is 5.12. The van der Waals surface area contributed by atoms with Gasteiger partial charge in [-0.25, -0.2) is 0 Å². The zero-order valence-corrected chi connectivity index (χ0v) is 9.88. The van der Waals surface area contributed by atoms with Gasteiger partial charge in [0, 0.05) is 17.9 Å². The molecular weight excluding hydrogens is 214 g/mol. The lowest BCUT2D eigenvalue weighted by atomic mass is 9.89. The molecule has 1 fully saturated rings. The zero-order chi connectivity index (χ0) is 12.2. The van der Waals surface area contributed by atoms with E-state index in [9.17, 15) is 9.59 Å². The fourth-order valence-electron chi connectivity index (χ4n) is 3.13. The van der Waals surface area contributed by atoms with Gasteiger partial charge in [0.1, 0.15) is 0 Å². The molecule has 0 unspecified atom stereocenters. The molecular formula is C14H15NO2. The van der Waals surface area contributed by atoms with Crippen LogP contribution in [-0.2, 0) is 9.59 Å². The summed E-state index contributed by atoms with van der Waals surface area (Å²) in [4.78, 5) is 23.2. The number of fused-ring (bicyclic) bond motifs is 3. The molecule has 3 heteroatoms. The SMILES string of the molecule is C=C1C(=O)N[C@@H]2C3=CC(=O)CC3=C(C)CC[C@@H]12. The smallest absolute Gasteiger partial charge is 0.247 e. The van der Waals surface area contributed by atoms with E-state index in [4.69, 9.17) is 0 Å². The predicted molar refractivity (Wildman–Crippen MR) is 64.2 cm³/mol. The van der Waals surface area contributed by atoms with E-state index in [-0.39, 0.29) is 23.7 Å². The van der Waals surface area contributed by atoms with Gasteiger partial charge in [-0.1, -0.05) is 12.2 Å². The maximum atomic E-state index is 11.7. The summed E-state index contributed by atoms with van der Waals surface area (Å²) < 4.78 is 0. The van der Waals surface area contributed by atoms with Crippen molar-refractivity contribution in [3.05, 3.63) is 34.9 Å². The van der Waals surface area contributed by atoms with Crippen LogP contribution >= 0.6 is 0 Å². The zero-order valence-electron chi connectivity index (χ0n) is 9.88. The minimum Gasteiger partial charge on any atom is -0.345 e. The maximum absolute atomic E-state index is 11.7. The Balaban J connectivity index is 2.08. The van der Waals surface area contributed by atoms with Gasteiger partial charge in [0.15, 0.2) is 5.78 Å². The molecule has 0 saturated carbocycles. The molecule has 0 spiro atoms. The summed E-state index contributed by atoms with van der Waals surface area (Å²) in [5, 5.41) is 2.96. The largest absolute Gasteiger partial charge is 0.345 e. The fraction of sp³-hybridized carbons (Fsp3) is 0.429. The molecule has 0 radical (unpaired) electrons. The molecule has 1 amide bonds. The Morgan fingerprint density at radius 3 is 2.94 bits per heavy atom. The van der Waals surface area contributed by atoms with Crippen molar-refractivity contribution in [1.82, 2.24) is 5.32 Å². The van der Waals surface area contributed by atoms with E-state index in [1.54, 1.807) is 6.08 Å². The van der Waals surface area contributed by atoms with E-state index in [1.165, 1.54) is 5.57 Å². The summed E-state index contributed by atoms with van der Waals surface area (Å²) in [5.74, 6) is 0.257. The van der Waals surface area contributed by atoms with E-state index >= 15 is 0 Å². The van der Waals surface area contributed by atoms with Crippen LogP contribution in [0.2, 0.25) is 0 Å². The van der Waals surface area contributed by atoms with Crippen molar-refractivity contribution in [2.75, 3.05) is 0 Å². The second kappa shape index (κ2) is 3.42. The number of nitrogens with one attached hydrogen (secondary N) is 1. The van der Waals surface area contributed by atoms with Crippen LogP contribution in [-0.4, -0.2) is 17.7 Å². The third kappa shape index (κ3) is 1.42. The monoisotopic (exact) mass is 229 g/mol. The summed E-state index contributed by atoms with van der Waals surface area (Å²) in [7, 11) is 0. The molecule has 1 aliphatic heterocycles. The summed E-state index contributed by atoms with van der Waals surface area (Å²) in [5.41, 5.74) is 4.14. The van der Waals surface area contributed by atoms with Crippen molar-refractivity contribution >= 4 is 11.7 Å². The van der Waals surface area contributed by atoms with Crippen LogP contribution in [0.5, 0.6) is 0 Å². The van der Waals surface area contributed by atoms with Gasteiger partial charge in [-0.15, -0.1) is 0 Å². The summed E-state index contributed by atoms with van der Waals surface area (Å²) in [6, 6.07) is -0.0195. The standard InChI is InChI=1S/C14H15NO2/c1-7-3-4-10-8(2)14(17)15-13(10)12-6-9(16)5-11(7)12/h6,10,13H,2-5H2,1H3,(H,15,17)/t10-,13-/m0/s1. The van der Waals surface area contributed by atoms with Crippen LogP contribution in [0.15, 0.2) is 34.9 Å². The van der Waals surface area contributed by atoms with Crippen molar-refractivity contribution in [1.29, 1.82) is 0 Å². The minimum atomic E-state index is -0.0563. The van der Waals surface area contributed by atoms with Crippen LogP contribution < -0.4 is 5.32 Å². The molecule has 0 aromatic heterocycles. The molecule has 2 aliphatic carbocycles. The molecule has 0 aromatic rings. The number of hydrogen-bond acceptors (Lipinski definition) is 2. The normalized spacial score (nSPS) is 32.1. The Hall–Kier alpha value is -1.64. The third-order valence-corrected chi connectivity index (χ3v) is 4.12. The van der Waals surface area contributed by atoms with Gasteiger partial charge < -0.3 is 5.32 Å². The lowest BCUT2D eigenvalue weighted by Crippen LogP contribution is -2.30. The highest BCUT2D eigenvalue weighted by Crippen LogP contribution is 2.41. The minimum absolute atomic E-state index is 0.0195. The second-order valence-corrected chi connectivity index (χ2v) is 5.12. The Kier molecular flexibility index (Phi) is 2.12. The lowest BCUT2D eigenvalue weighted by Gasteiger charge is -2.17. The molecule has 3 rings (SSSR count). The van der Waals surface area contributed by atoms with Crippen LogP contribution in [0.3, 0.4) is 0 Å². The first-order valence-electron chi connectivity index (χ1n) is 6.01. The van der Waals surface area contributed by atoms with E-state index in [1.807, 2.05) is 0 Å². The highest BCUT2D eigenvalue weighted by atomic mass is 16.2. The molecule has 0 bridgehead atoms. The van der Waals surface area contributed by atoms with E-state index in [0.717, 1.165) is 24.0 Å². The molecule has 1 N–H and O–H groups in total. The summed E-state index contributed by atoms with van der Waals surface area (Å²) in [6.45, 7) is 5.97. The predicted octanol–water partition coefficient (Wildman–Crippen LogP) is 1.67. The molecule has 3 aliphatic rings. The molecule has 1 heterocycles. The average molecular weight is 229 g/mol. The molecule has 2 atom stereocenters. The quantitative estimate of drug-likeness (QED) is 0.642. The van der Waals surface area contributed by atoms with Crippen molar-refractivity contribution in [2.45, 2.75) is 32.2 Å². The fourth-order valence-corrected chi connectivity index (χ4v) is 3.13. The van der Waals surface area contributed by atoms with E-state index in [2.05, 4.69) is 18.8 Å². The topological polar surface area (TPSA) is 46.2 Å². The Morgan fingerprint density at radius 2 is 2.18 bits per heavy atom. The number of allylic oxidation sites excluding steroid dienone is 2. The van der Waals surface area contributed by atoms with Crippen LogP contribution in [0, 0.1) is 5.92 Å². The number of amides is 1. The van der Waals surface area contributed by atoms with Gasteiger partial charge in [-0.3, -0.25) is 9.59 Å². The average Bonchev–Trinajstić information content (AvgIpc) is 2.76. The van der Waals surface area contributed by atoms with Gasteiger partial charge in [-0.05, 0) is 37.0 Å². The van der Waals surface area contributed by atoms with Crippen molar-refractivity contribution in [3.8, 4) is 0 Å². The van der Waals surface area contributed by atoms with Crippen molar-refractivity contribution < 1.29 is 9.59 Å². The molecule has 17 heavy (non-hydrogen) atoms. The Labute approximate surface area is 100 Å². The molecule has 88 valence electrons. The van der Waals surface area contributed by atoms with Crippen molar-refractivity contribution in [2.24, 2.45) is 5.92 Å². The first-order valence-corrected chi connectivity index (χ1v) is 6.01. The highest BCUT2D eigenvalue weighted by molar-refractivity contribution is 6.01. The van der Waals surface area contributed by atoms with Gasteiger partial charge in [0.25, 0.3) is 0 Å². The van der Waals surface area contributed by atoms with Gasteiger partial charge >= 0.3 is 0 Å². The summed E-state index contributed by atoms with van der Waals surface area (Å²) >= 11 is 0. The molecule has 3 nitrogen and oxygen atoms in total. The maximum Gasteiger partial charge on any atom is 0.247 e. The Morgan fingerprint density at radius 1 is 1.41 bits per heavy atom. The van der Waals surface area contributed by atoms with Gasteiger partial charge in [0.2, 0.25) is 5.91 Å². The van der Waals surface area contributed by atoms with Crippen LogP contribution in [0.4, 0.5) is 0 Å². The lowest BCUT2D eigenvalue weighted by molar-refractivity contribution is -0.116. The first kappa shape index (κ1) is 10.5. The van der Waals surface area contributed by atoms with Gasteiger partial charge in [-0.2, -0.15) is 0 Å². The number of hydrogen-bond donors (Lipinski definition) is 1. The van der Waals surface area contributed by atoms with Crippen LogP contribution in [0.1, 0.15) is 26.2 Å². The number of ketones is 1. The molecule has 1 saturated heterocycles. The summed E-state index contributed by atoms with van der Waals surface area (Å²) in [6.07, 6.45) is 4.12. The molecule has 0 aromatic carbocycles. The van der Waals surface area contributed by atoms with Gasteiger partial charge in [0.05, 0.1) is 6.04 Å². The van der Waals surface area contributed by atoms with Crippen molar-refractivity contribution in [3.63, 3.8) is 0 Å². The number of rotatable bonds is 0. The number of carbonyl (C=O) groups is 2. The number of carbonyl (C=O) groups excluding carboxylic acids is 2. The third-order valence-electron chi connectivity index (χ3n) is 4.12. The van der Waals surface area contributed by atoms with E-state index < -0.39 is 0 Å². The van der Waals surface area contributed by atoms with E-state index in [0.29, 0.717) is 12.0 Å². The van der Waals surface area contributed by atoms with Crippen LogP contribution in [0.25, 0.3) is 0 Å². The highest BCUT2D eigenvalue weighted by Gasteiger charge is 2.42.